The van der Waals surface area contributed by atoms with Gasteiger partial charge in [0.2, 0.25) is 0 Å². The Bertz CT molecular complexity index is 7520. The fourth-order valence-electron chi connectivity index (χ4n) is 19.7. The minimum Gasteiger partial charge on any atom is -0.497 e. The average Bonchev–Trinajstić information content (AvgIpc) is 1.60. The summed E-state index contributed by atoms with van der Waals surface area (Å²) in [6, 6.07) is 43.8. The molecule has 42 heteroatoms. The van der Waals surface area contributed by atoms with Gasteiger partial charge in [-0.25, -0.2) is 71.7 Å². The smallest absolute Gasteiger partial charge is 0.333 e. The van der Waals surface area contributed by atoms with Crippen molar-refractivity contribution in [2.45, 2.75) is 105 Å². The molecular weight excluding hydrogens is 1810 g/mol. The highest BCUT2D eigenvalue weighted by Gasteiger charge is 2.33. The number of fused-ring (bicyclic) bond motifs is 5. The van der Waals surface area contributed by atoms with Gasteiger partial charge >= 0.3 is 28.4 Å². The van der Waals surface area contributed by atoms with E-state index in [-0.39, 0.29) is 94.4 Å². The van der Waals surface area contributed by atoms with E-state index in [1.54, 1.807) is 132 Å². The van der Waals surface area contributed by atoms with Crippen LogP contribution in [-0.2, 0) is 104 Å². The van der Waals surface area contributed by atoms with E-state index in [9.17, 15) is 47.9 Å². The first kappa shape index (κ1) is 98.8. The van der Waals surface area contributed by atoms with Crippen LogP contribution in [0.3, 0.4) is 0 Å². The van der Waals surface area contributed by atoms with Gasteiger partial charge in [0.25, 0.3) is 27.8 Å². The molecule has 5 aromatic carbocycles. The number of likely N-dealkylation sites (tertiary alicyclic amines) is 1. The highest BCUT2D eigenvalue weighted by Crippen LogP contribution is 2.31. The second-order valence-corrected chi connectivity index (χ2v) is 37.4. The summed E-state index contributed by atoms with van der Waals surface area (Å²) in [5.41, 5.74) is 8.39. The van der Waals surface area contributed by atoms with Crippen LogP contribution in [0.25, 0.3) is 55.8 Å². The molecule has 740 valence electrons. The van der Waals surface area contributed by atoms with Crippen LogP contribution in [0.15, 0.2) is 207 Å². The normalized spacial score (nSPS) is 17.1. The van der Waals surface area contributed by atoms with Gasteiger partial charge in [0.1, 0.15) is 11.5 Å². The molecule has 15 heterocycles. The third-order valence-electron chi connectivity index (χ3n) is 27.4. The minimum atomic E-state index is -0.346. The van der Waals surface area contributed by atoms with E-state index >= 15 is 0 Å². The first-order chi connectivity index (χ1) is 67.2. The Balaban J connectivity index is 0.000000126. The maximum absolute atomic E-state index is 12.9. The SMILES string of the molecule is CC1CN(Cn2c(=O)c3c(ncn3C)n(C)c2=O)CCN1c1cccc(Cl)c1.CCOc1ccc(N2CCN(Cn3c(=O)c4c(ncn4C)n(C)c3=O)CC2)cc1.COc1cccc(N2CCN(Cn3c(=O)c4c(ncn4C)n(C)c3=O)CC2C)c1.Cc1cccc(N2CCN(Cn3c(=O)c4c(ncn4C)n(C)c3=O)CC2C)c1.Cn1cnc2c1c(=O)n(CN1CCC(c3ccccc3)CC1)c(=O)n2C. The van der Waals surface area contributed by atoms with Gasteiger partial charge in [0, 0.05) is 221 Å². The van der Waals surface area contributed by atoms with Crippen molar-refractivity contribution in [1.29, 1.82) is 0 Å². The number of rotatable bonds is 18. The molecule has 0 spiro atoms. The van der Waals surface area contributed by atoms with Crippen molar-refractivity contribution in [2.75, 3.05) is 131 Å². The Kier molecular flexibility index (Phi) is 29.8. The molecule has 0 N–H and O–H groups in total. The summed E-state index contributed by atoms with van der Waals surface area (Å²) in [5.74, 6) is 2.25. The maximum atomic E-state index is 12.9. The number of hydrogen-bond donors (Lipinski definition) is 0. The molecule has 140 heavy (non-hydrogen) atoms. The molecule has 0 radical (unpaired) electrons. The number of piperidine rings is 1. The number of imidazole rings is 5. The lowest BCUT2D eigenvalue weighted by Crippen LogP contribution is -2.54. The van der Waals surface area contributed by atoms with Crippen molar-refractivity contribution >= 4 is 90.2 Å². The third-order valence-corrected chi connectivity index (χ3v) is 27.7. The van der Waals surface area contributed by atoms with Gasteiger partial charge in [-0.1, -0.05) is 66.2 Å². The molecule has 0 aliphatic carbocycles. The summed E-state index contributed by atoms with van der Waals surface area (Å²) in [6.45, 7) is 24.6. The highest BCUT2D eigenvalue weighted by molar-refractivity contribution is 6.30. The number of aryl methyl sites for hydroxylation is 11. The Morgan fingerprint density at radius 1 is 0.336 bits per heavy atom. The van der Waals surface area contributed by atoms with Crippen molar-refractivity contribution < 1.29 is 9.47 Å². The number of aromatic nitrogens is 20. The number of ether oxygens (including phenoxy) is 2. The molecular formula is C98H124ClN29O12. The zero-order valence-electron chi connectivity index (χ0n) is 82.3. The number of piperazine rings is 4. The molecule has 10 aromatic heterocycles. The van der Waals surface area contributed by atoms with Crippen molar-refractivity contribution in [3.63, 3.8) is 0 Å². The summed E-state index contributed by atoms with van der Waals surface area (Å²) < 4.78 is 32.9. The second kappa shape index (κ2) is 42.2. The molecule has 0 saturated carbocycles. The summed E-state index contributed by atoms with van der Waals surface area (Å²) >= 11 is 6.13. The van der Waals surface area contributed by atoms with Gasteiger partial charge in [-0.15, -0.1) is 0 Å². The zero-order valence-corrected chi connectivity index (χ0v) is 83.1. The second-order valence-electron chi connectivity index (χ2n) is 36.9. The molecule has 20 rings (SSSR count). The van der Waals surface area contributed by atoms with Crippen LogP contribution in [0.5, 0.6) is 11.5 Å². The van der Waals surface area contributed by atoms with E-state index in [1.807, 2.05) is 61.5 Å². The van der Waals surface area contributed by atoms with Crippen molar-refractivity contribution in [3.8, 4) is 11.5 Å². The van der Waals surface area contributed by atoms with Crippen LogP contribution in [0, 0.1) is 6.92 Å². The van der Waals surface area contributed by atoms with Crippen molar-refractivity contribution in [2.24, 2.45) is 70.5 Å². The molecule has 5 fully saturated rings. The maximum Gasteiger partial charge on any atom is 0.333 e. The molecule has 3 atom stereocenters. The lowest BCUT2D eigenvalue weighted by Gasteiger charge is -2.41. The number of nitrogens with zero attached hydrogens (tertiary/aromatic N) is 29. The zero-order chi connectivity index (χ0) is 99.5. The van der Waals surface area contributed by atoms with E-state index in [0.717, 1.165) is 140 Å². The quantitative estimate of drug-likeness (QED) is 0.113. The molecule has 5 saturated heterocycles. The Morgan fingerprint density at radius 2 is 0.657 bits per heavy atom. The summed E-state index contributed by atoms with van der Waals surface area (Å²) in [5, 5.41) is 0.714. The highest BCUT2D eigenvalue weighted by atomic mass is 35.5. The molecule has 41 nitrogen and oxygen atoms in total. The van der Waals surface area contributed by atoms with Crippen LogP contribution in [0.1, 0.15) is 57.6 Å². The molecule has 0 amide bonds. The van der Waals surface area contributed by atoms with Gasteiger partial charge in [0.15, 0.2) is 55.8 Å². The van der Waals surface area contributed by atoms with Crippen LogP contribution in [0.2, 0.25) is 5.02 Å². The van der Waals surface area contributed by atoms with Gasteiger partial charge < -0.3 is 51.9 Å². The van der Waals surface area contributed by atoms with E-state index in [4.69, 9.17) is 21.1 Å². The fourth-order valence-corrected chi connectivity index (χ4v) is 19.9. The minimum absolute atomic E-state index is 0.229. The summed E-state index contributed by atoms with van der Waals surface area (Å²) in [7, 11) is 18.8. The summed E-state index contributed by atoms with van der Waals surface area (Å²) in [4.78, 5) is 169. The van der Waals surface area contributed by atoms with Gasteiger partial charge in [-0.2, -0.15) is 0 Å². The van der Waals surface area contributed by atoms with Crippen LogP contribution in [0.4, 0.5) is 22.7 Å². The monoisotopic (exact) mass is 1930 g/mol. The van der Waals surface area contributed by atoms with E-state index in [0.29, 0.717) is 86.7 Å². The lowest BCUT2D eigenvalue weighted by atomic mass is 9.90. The van der Waals surface area contributed by atoms with Gasteiger partial charge in [-0.05, 0) is 131 Å². The Morgan fingerprint density at radius 3 is 0.993 bits per heavy atom. The standard InChI is InChI=1S/2C20H26N6O3.C20H26N6O2.C19H23ClN6O2.C19H23N5O2/c1-14-11-24(8-9-25(14)15-6-5-7-16(10-15)29-4)13-26-19(27)17-18(21-12-22(17)2)23(3)20(26)28;1-4-29-16-7-5-15(6-8-16)25-11-9-24(10-12-25)14-26-19(27)17-18(21-13-22(17)2)23(3)20(26)28;1-14-6-5-7-16(10-14)25-9-8-24(11-15(25)2)13-26-19(27)17-18(21-12-22(17)3)23(4)20(26)28;1-13-10-24(7-8-25(13)15-6-4-5-14(20)9-15)12-26-18(27)16-17(21-11-22(16)2)23(3)19(26)28;1-21-12-20-17-16(21)18(25)24(19(26)22(17)2)13-23-10-8-15(9-11-23)14-6-4-3-5-7-14/h5-7,10,12,14H,8-9,11,13H2,1-4H3;5-8,13H,4,9-12,14H2,1-3H3;5-7,10,12,15H,8-9,11,13H2,1-4H3;4-6,9,11,13H,7-8,10,12H2,1-3H3;3-7,12,15H,8-11,13H2,1-2H3. The topological polar surface area (TPSA) is 357 Å². The predicted octanol–water partition coefficient (Wildman–Crippen LogP) is 4.66. The predicted molar refractivity (Wildman–Crippen MR) is 543 cm³/mol. The number of halogens is 1. The number of methoxy groups -OCH3 is 1. The third kappa shape index (κ3) is 20.3. The van der Waals surface area contributed by atoms with Crippen LogP contribution in [-0.4, -0.2) is 248 Å². The summed E-state index contributed by atoms with van der Waals surface area (Å²) in [6.07, 6.45) is 9.89. The fraction of sp³-hybridized carbons (Fsp3) is 0.439. The van der Waals surface area contributed by atoms with E-state index < -0.39 is 0 Å². The largest absolute Gasteiger partial charge is 0.497 e. The molecule has 3 unspecified atom stereocenters. The van der Waals surface area contributed by atoms with Gasteiger partial charge in [-0.3, -0.25) is 71.3 Å². The van der Waals surface area contributed by atoms with Crippen LogP contribution < -0.4 is 85.3 Å². The molecule has 15 aromatic rings. The first-order valence-electron chi connectivity index (χ1n) is 47.1. The van der Waals surface area contributed by atoms with Crippen molar-refractivity contribution in [3.05, 3.63) is 279 Å². The van der Waals surface area contributed by atoms with E-state index in [2.05, 4.69) is 170 Å². The first-order valence-corrected chi connectivity index (χ1v) is 47.5. The molecule has 5 aliphatic rings. The Labute approximate surface area is 811 Å². The van der Waals surface area contributed by atoms with Crippen LogP contribution >= 0.6 is 11.6 Å². The van der Waals surface area contributed by atoms with Crippen molar-refractivity contribution in [1.82, 2.24) is 118 Å². The molecule has 5 aliphatic heterocycles. The molecule has 0 bridgehead atoms. The lowest BCUT2D eigenvalue weighted by molar-refractivity contribution is 0.164. The number of hydrogen-bond acceptors (Lipinski definition) is 26. The Hall–Kier alpha value is -14.3. The number of benzene rings is 5. The van der Waals surface area contributed by atoms with E-state index in [1.165, 1.54) is 62.5 Å². The van der Waals surface area contributed by atoms with Gasteiger partial charge in [0.05, 0.1) is 78.7 Å². The number of anilines is 4. The average molecular weight is 1940 g/mol.